The van der Waals surface area contributed by atoms with E-state index in [2.05, 4.69) is 5.32 Å². The summed E-state index contributed by atoms with van der Waals surface area (Å²) in [7, 11) is 0. The summed E-state index contributed by atoms with van der Waals surface area (Å²) in [6.07, 6.45) is 2.72. The Balaban J connectivity index is 2.13. The molecule has 0 radical (unpaired) electrons. The maximum absolute atomic E-state index is 11.9. The van der Waals surface area contributed by atoms with Crippen molar-refractivity contribution in [3.63, 3.8) is 0 Å². The van der Waals surface area contributed by atoms with Crippen molar-refractivity contribution >= 4 is 23.4 Å². The first-order valence-electron chi connectivity index (χ1n) is 6.36. The highest BCUT2D eigenvalue weighted by Gasteiger charge is 2.09. The molecule has 0 aliphatic carbocycles. The first kappa shape index (κ1) is 14.5. The van der Waals surface area contributed by atoms with Gasteiger partial charge in [0.1, 0.15) is 0 Å². The molecule has 0 atom stereocenters. The van der Waals surface area contributed by atoms with Gasteiger partial charge in [0.2, 0.25) is 5.91 Å². The summed E-state index contributed by atoms with van der Waals surface area (Å²) in [6, 6.07) is 13.7. The third-order valence-corrected chi connectivity index (χ3v) is 2.95. The second-order valence-corrected chi connectivity index (χ2v) is 4.45. The van der Waals surface area contributed by atoms with Gasteiger partial charge in [0.05, 0.1) is 10.5 Å². The molecule has 2 aromatic carbocycles. The number of hydrogen-bond donors (Lipinski definition) is 1. The minimum absolute atomic E-state index is 0.0301. The van der Waals surface area contributed by atoms with E-state index in [1.165, 1.54) is 18.2 Å². The molecule has 0 saturated heterocycles. The summed E-state index contributed by atoms with van der Waals surface area (Å²) >= 11 is 0. The summed E-state index contributed by atoms with van der Waals surface area (Å²) in [4.78, 5) is 22.3. The average Bonchev–Trinajstić information content (AvgIpc) is 2.48. The lowest BCUT2D eigenvalue weighted by Gasteiger charge is -2.05. The van der Waals surface area contributed by atoms with Crippen LogP contribution in [0.4, 0.5) is 11.4 Å². The Morgan fingerprint density at radius 3 is 2.52 bits per heavy atom. The Morgan fingerprint density at radius 1 is 1.14 bits per heavy atom. The van der Waals surface area contributed by atoms with Crippen LogP contribution in [0.3, 0.4) is 0 Å². The maximum atomic E-state index is 11.9. The van der Waals surface area contributed by atoms with Gasteiger partial charge in [-0.1, -0.05) is 30.3 Å². The number of nitro groups is 1. The van der Waals surface area contributed by atoms with Gasteiger partial charge in [0.25, 0.3) is 5.69 Å². The highest BCUT2D eigenvalue weighted by Crippen LogP contribution is 2.19. The number of hydrogen-bond acceptors (Lipinski definition) is 3. The van der Waals surface area contributed by atoms with Crippen LogP contribution in [0.15, 0.2) is 54.6 Å². The minimum atomic E-state index is -0.473. The molecule has 1 N–H and O–H groups in total. The molecule has 0 heterocycles. The highest BCUT2D eigenvalue weighted by molar-refractivity contribution is 6.02. The normalized spacial score (nSPS) is 10.5. The quantitative estimate of drug-likeness (QED) is 0.529. The van der Waals surface area contributed by atoms with Gasteiger partial charge in [-0.25, -0.2) is 0 Å². The molecule has 0 fully saturated rings. The smallest absolute Gasteiger partial charge is 0.276 e. The van der Waals surface area contributed by atoms with Gasteiger partial charge >= 0.3 is 0 Å². The third-order valence-electron chi connectivity index (χ3n) is 2.95. The number of nitro benzene ring substituents is 1. The molecule has 5 nitrogen and oxygen atoms in total. The molecular weight excluding hydrogens is 268 g/mol. The van der Waals surface area contributed by atoms with E-state index in [1.807, 2.05) is 25.1 Å². The first-order chi connectivity index (χ1) is 10.1. The van der Waals surface area contributed by atoms with Crippen LogP contribution in [0.1, 0.15) is 11.1 Å². The van der Waals surface area contributed by atoms with Crippen molar-refractivity contribution in [1.29, 1.82) is 0 Å². The molecule has 5 heteroatoms. The number of nitrogens with zero attached hydrogens (tertiary/aromatic N) is 1. The Bertz CT molecular complexity index is 708. The lowest BCUT2D eigenvalue weighted by molar-refractivity contribution is -0.385. The number of aryl methyl sites for hydroxylation is 1. The van der Waals surface area contributed by atoms with Crippen LogP contribution >= 0.6 is 0 Å². The Labute approximate surface area is 122 Å². The number of para-hydroxylation sites is 2. The molecule has 21 heavy (non-hydrogen) atoms. The SMILES string of the molecule is Cc1ccccc1NC(=O)/C=C/c1ccccc1[N+](=O)[O-]. The fraction of sp³-hybridized carbons (Fsp3) is 0.0625. The monoisotopic (exact) mass is 282 g/mol. The van der Waals surface area contributed by atoms with Crippen LogP contribution in [-0.2, 0) is 4.79 Å². The zero-order chi connectivity index (χ0) is 15.2. The maximum Gasteiger partial charge on any atom is 0.276 e. The molecule has 0 saturated carbocycles. The van der Waals surface area contributed by atoms with E-state index in [4.69, 9.17) is 0 Å². The summed E-state index contributed by atoms with van der Waals surface area (Å²) in [6.45, 7) is 1.89. The molecular formula is C16H14N2O3. The van der Waals surface area contributed by atoms with Crippen LogP contribution in [0.5, 0.6) is 0 Å². The predicted octanol–water partition coefficient (Wildman–Crippen LogP) is 3.56. The van der Waals surface area contributed by atoms with Gasteiger partial charge in [-0.2, -0.15) is 0 Å². The van der Waals surface area contributed by atoms with E-state index < -0.39 is 4.92 Å². The second kappa shape index (κ2) is 6.47. The number of amides is 1. The van der Waals surface area contributed by atoms with Crippen molar-refractivity contribution in [2.45, 2.75) is 6.92 Å². The van der Waals surface area contributed by atoms with E-state index in [0.29, 0.717) is 5.56 Å². The van der Waals surface area contributed by atoms with Crippen LogP contribution in [0.25, 0.3) is 6.08 Å². The average molecular weight is 282 g/mol. The minimum Gasteiger partial charge on any atom is -0.322 e. The van der Waals surface area contributed by atoms with Gasteiger partial charge in [-0.05, 0) is 30.7 Å². The standard InChI is InChI=1S/C16H14N2O3/c1-12-6-2-4-8-14(12)17-16(19)11-10-13-7-3-5-9-15(13)18(20)21/h2-11H,1H3,(H,17,19)/b11-10+. The van der Waals surface area contributed by atoms with Crippen molar-refractivity contribution in [3.8, 4) is 0 Å². The molecule has 0 bridgehead atoms. The predicted molar refractivity (Wildman–Crippen MR) is 81.9 cm³/mol. The molecule has 0 aromatic heterocycles. The molecule has 1 amide bonds. The van der Waals surface area contributed by atoms with Gasteiger partial charge in [0.15, 0.2) is 0 Å². The summed E-state index contributed by atoms with van der Waals surface area (Å²) in [5.41, 5.74) is 2.03. The van der Waals surface area contributed by atoms with Crippen molar-refractivity contribution < 1.29 is 9.72 Å². The molecule has 106 valence electrons. The summed E-state index contributed by atoms with van der Waals surface area (Å²) in [5.74, 6) is -0.331. The number of anilines is 1. The second-order valence-electron chi connectivity index (χ2n) is 4.45. The van der Waals surface area contributed by atoms with Crippen LogP contribution in [-0.4, -0.2) is 10.8 Å². The van der Waals surface area contributed by atoms with Crippen LogP contribution < -0.4 is 5.32 Å². The van der Waals surface area contributed by atoms with Crippen LogP contribution in [0, 0.1) is 17.0 Å². The van der Waals surface area contributed by atoms with Gasteiger partial charge in [-0.15, -0.1) is 0 Å². The molecule has 2 rings (SSSR count). The Kier molecular flexibility index (Phi) is 4.46. The lowest BCUT2D eigenvalue weighted by atomic mass is 10.1. The van der Waals surface area contributed by atoms with Gasteiger partial charge in [-0.3, -0.25) is 14.9 Å². The first-order valence-corrected chi connectivity index (χ1v) is 6.36. The topological polar surface area (TPSA) is 72.2 Å². The van der Waals surface area contributed by atoms with Crippen molar-refractivity contribution in [1.82, 2.24) is 0 Å². The van der Waals surface area contributed by atoms with Crippen molar-refractivity contribution in [3.05, 3.63) is 75.8 Å². The highest BCUT2D eigenvalue weighted by atomic mass is 16.6. The van der Waals surface area contributed by atoms with Gasteiger partial charge < -0.3 is 5.32 Å². The Hall–Kier alpha value is -2.95. The largest absolute Gasteiger partial charge is 0.322 e. The van der Waals surface area contributed by atoms with Crippen LogP contribution in [0.2, 0.25) is 0 Å². The Morgan fingerprint density at radius 2 is 1.81 bits per heavy atom. The summed E-state index contributed by atoms with van der Waals surface area (Å²) < 4.78 is 0. The fourth-order valence-corrected chi connectivity index (χ4v) is 1.85. The van der Waals surface area contributed by atoms with E-state index in [9.17, 15) is 14.9 Å². The van der Waals surface area contributed by atoms with Gasteiger partial charge in [0, 0.05) is 17.8 Å². The number of benzene rings is 2. The fourth-order valence-electron chi connectivity index (χ4n) is 1.85. The zero-order valence-corrected chi connectivity index (χ0v) is 11.4. The third kappa shape index (κ3) is 3.76. The molecule has 0 spiro atoms. The lowest BCUT2D eigenvalue weighted by Crippen LogP contribution is -2.08. The molecule has 0 aliphatic rings. The van der Waals surface area contributed by atoms with Crippen molar-refractivity contribution in [2.75, 3.05) is 5.32 Å². The number of nitrogens with one attached hydrogen (secondary N) is 1. The van der Waals surface area contributed by atoms with Crippen molar-refractivity contribution in [2.24, 2.45) is 0 Å². The van der Waals surface area contributed by atoms with E-state index in [0.717, 1.165) is 11.3 Å². The molecule has 2 aromatic rings. The van der Waals surface area contributed by atoms with E-state index in [-0.39, 0.29) is 11.6 Å². The summed E-state index contributed by atoms with van der Waals surface area (Å²) in [5, 5.41) is 13.6. The number of carbonyl (C=O) groups is 1. The van der Waals surface area contributed by atoms with E-state index in [1.54, 1.807) is 24.3 Å². The number of rotatable bonds is 4. The van der Waals surface area contributed by atoms with E-state index >= 15 is 0 Å². The molecule has 0 aliphatic heterocycles. The molecule has 0 unspecified atom stereocenters. The zero-order valence-electron chi connectivity index (χ0n) is 11.4. The number of carbonyl (C=O) groups excluding carboxylic acids is 1.